The molecule has 1 saturated heterocycles. The van der Waals surface area contributed by atoms with Crippen LogP contribution in [0, 0.1) is 11.3 Å². The number of anilines is 1. The van der Waals surface area contributed by atoms with Crippen LogP contribution in [-0.4, -0.2) is 50.6 Å². The number of aliphatic hydroxyl groups excluding tert-OH is 1. The molecule has 3 aromatic rings. The molecule has 2 aliphatic rings. The molecule has 1 aliphatic heterocycles. The fourth-order valence-corrected chi connectivity index (χ4v) is 4.60. The minimum Gasteiger partial charge on any atom is -0.394 e. The fourth-order valence-electron chi connectivity index (χ4n) is 4.60. The number of fused-ring (bicyclic) bond motifs is 1. The fraction of sp³-hybridized carbons (Fsp3) is 0.429. The summed E-state index contributed by atoms with van der Waals surface area (Å²) < 4.78 is 0. The van der Waals surface area contributed by atoms with Crippen LogP contribution in [0.1, 0.15) is 31.0 Å². The first-order chi connectivity index (χ1) is 14.2. The molecule has 0 unspecified atom stereocenters. The summed E-state index contributed by atoms with van der Waals surface area (Å²) in [6, 6.07) is 7.04. The van der Waals surface area contributed by atoms with E-state index in [1.165, 1.54) is 0 Å². The Morgan fingerprint density at radius 3 is 2.97 bits per heavy atom. The summed E-state index contributed by atoms with van der Waals surface area (Å²) in [5.74, 6) is 0.893. The highest BCUT2D eigenvalue weighted by atomic mass is 16.3. The van der Waals surface area contributed by atoms with Crippen LogP contribution in [0.2, 0.25) is 0 Å². The molecular weight excluding hydrogens is 368 g/mol. The monoisotopic (exact) mass is 392 g/mol. The number of amides is 1. The number of hydrogen-bond acceptors (Lipinski definition) is 6. The number of piperidine rings is 1. The number of nitrogens with zero attached hydrogens (tertiary/aromatic N) is 4. The van der Waals surface area contributed by atoms with Gasteiger partial charge in [-0.2, -0.15) is 0 Å². The molecule has 3 aromatic heterocycles. The van der Waals surface area contributed by atoms with Crippen molar-refractivity contribution in [1.29, 1.82) is 0 Å². The van der Waals surface area contributed by atoms with Gasteiger partial charge in [0.1, 0.15) is 17.8 Å². The molecule has 5 rings (SSSR count). The summed E-state index contributed by atoms with van der Waals surface area (Å²) in [5, 5.41) is 13.8. The number of nitrogens with one attached hydrogen (secondary N) is 2. The summed E-state index contributed by atoms with van der Waals surface area (Å²) in [7, 11) is 0. The van der Waals surface area contributed by atoms with Gasteiger partial charge in [-0.3, -0.25) is 9.78 Å². The van der Waals surface area contributed by atoms with Gasteiger partial charge in [-0.25, -0.2) is 9.97 Å². The van der Waals surface area contributed by atoms with Crippen LogP contribution in [0.15, 0.2) is 43.0 Å². The molecule has 0 bridgehead atoms. The molecule has 2 fully saturated rings. The van der Waals surface area contributed by atoms with Crippen molar-refractivity contribution in [2.75, 3.05) is 24.6 Å². The molecule has 1 aliphatic carbocycles. The van der Waals surface area contributed by atoms with E-state index in [1.807, 2.05) is 30.5 Å². The molecule has 3 N–H and O–H groups in total. The second kappa shape index (κ2) is 7.11. The van der Waals surface area contributed by atoms with E-state index in [2.05, 4.69) is 30.2 Å². The maximum Gasteiger partial charge on any atom is 0.224 e. The van der Waals surface area contributed by atoms with Crippen LogP contribution >= 0.6 is 0 Å². The molecule has 2 atom stereocenters. The minimum atomic E-state index is -0.473. The van der Waals surface area contributed by atoms with E-state index in [-0.39, 0.29) is 23.8 Å². The minimum absolute atomic E-state index is 0.0139. The normalized spacial score (nSPS) is 21.3. The first-order valence-corrected chi connectivity index (χ1v) is 10.1. The van der Waals surface area contributed by atoms with E-state index in [1.54, 1.807) is 12.5 Å². The van der Waals surface area contributed by atoms with Crippen molar-refractivity contribution in [3.05, 3.63) is 48.7 Å². The first kappa shape index (κ1) is 18.1. The molecule has 8 nitrogen and oxygen atoms in total. The van der Waals surface area contributed by atoms with Gasteiger partial charge in [0.2, 0.25) is 5.91 Å². The van der Waals surface area contributed by atoms with Gasteiger partial charge in [0, 0.05) is 31.4 Å². The quantitative estimate of drug-likeness (QED) is 0.611. The summed E-state index contributed by atoms with van der Waals surface area (Å²) >= 11 is 0. The zero-order valence-electron chi connectivity index (χ0n) is 16.1. The van der Waals surface area contributed by atoms with Crippen LogP contribution in [0.4, 0.5) is 5.82 Å². The van der Waals surface area contributed by atoms with Gasteiger partial charge < -0.3 is 20.3 Å². The van der Waals surface area contributed by atoms with E-state index in [4.69, 9.17) is 0 Å². The molecule has 0 radical (unpaired) electrons. The average molecular weight is 392 g/mol. The number of aromatic amines is 1. The summed E-state index contributed by atoms with van der Waals surface area (Å²) in [4.78, 5) is 31.6. The number of hydrogen-bond donors (Lipinski definition) is 3. The highest BCUT2D eigenvalue weighted by molar-refractivity contribution is 5.87. The van der Waals surface area contributed by atoms with Gasteiger partial charge in [0.15, 0.2) is 0 Å². The number of pyridine rings is 1. The first-order valence-electron chi connectivity index (χ1n) is 10.1. The predicted molar refractivity (Wildman–Crippen MR) is 108 cm³/mol. The van der Waals surface area contributed by atoms with Crippen molar-refractivity contribution >= 4 is 22.8 Å². The lowest BCUT2D eigenvalue weighted by molar-refractivity contribution is -0.129. The van der Waals surface area contributed by atoms with Gasteiger partial charge in [-0.05, 0) is 42.9 Å². The average Bonchev–Trinajstić information content (AvgIpc) is 3.34. The molecule has 0 aromatic carbocycles. The van der Waals surface area contributed by atoms with Crippen molar-refractivity contribution < 1.29 is 9.90 Å². The van der Waals surface area contributed by atoms with Crippen LogP contribution in [0.5, 0.6) is 0 Å². The molecule has 29 heavy (non-hydrogen) atoms. The largest absolute Gasteiger partial charge is 0.394 e. The predicted octanol–water partition coefficient (Wildman–Crippen LogP) is 1.81. The molecule has 1 saturated carbocycles. The zero-order chi connectivity index (χ0) is 19.8. The number of H-pyrrole nitrogens is 1. The van der Waals surface area contributed by atoms with Gasteiger partial charge in [-0.15, -0.1) is 0 Å². The third-order valence-electron chi connectivity index (χ3n) is 6.32. The van der Waals surface area contributed by atoms with Crippen molar-refractivity contribution in [2.24, 2.45) is 11.3 Å². The summed E-state index contributed by atoms with van der Waals surface area (Å²) in [5.41, 5.74) is 1.50. The third-order valence-corrected chi connectivity index (χ3v) is 6.32. The van der Waals surface area contributed by atoms with Crippen molar-refractivity contribution in [2.45, 2.75) is 25.3 Å². The number of aliphatic hydroxyl groups is 1. The van der Waals surface area contributed by atoms with Crippen molar-refractivity contribution in [1.82, 2.24) is 25.3 Å². The number of carbonyl (C=O) groups excluding carboxylic acids is 1. The standard InChI is InChI=1S/C21H24N6O2/c28-11-17(16-3-1-2-8-22-16)26-20(29)15-5-10-27(12-21(15)6-7-21)19-14-4-9-23-18(14)24-13-25-19/h1-4,8-9,13,15,17,28H,5-7,10-12H2,(H,26,29)(H,23,24,25)/t15-,17+/m1/s1. The Kier molecular flexibility index (Phi) is 4.43. The van der Waals surface area contributed by atoms with E-state index in [9.17, 15) is 9.90 Å². The Morgan fingerprint density at radius 1 is 1.31 bits per heavy atom. The van der Waals surface area contributed by atoms with Gasteiger partial charge >= 0.3 is 0 Å². The van der Waals surface area contributed by atoms with Crippen LogP contribution in [0.25, 0.3) is 11.0 Å². The van der Waals surface area contributed by atoms with E-state index in [0.717, 1.165) is 49.2 Å². The van der Waals surface area contributed by atoms with Crippen LogP contribution in [0.3, 0.4) is 0 Å². The topological polar surface area (TPSA) is 107 Å². The van der Waals surface area contributed by atoms with Crippen LogP contribution < -0.4 is 10.2 Å². The number of rotatable bonds is 5. The van der Waals surface area contributed by atoms with Gasteiger partial charge in [0.25, 0.3) is 0 Å². The zero-order valence-corrected chi connectivity index (χ0v) is 16.1. The molecule has 150 valence electrons. The molecule has 8 heteroatoms. The Labute approximate surface area is 168 Å². The number of aromatic nitrogens is 4. The van der Waals surface area contributed by atoms with E-state index < -0.39 is 6.04 Å². The van der Waals surface area contributed by atoms with Gasteiger partial charge in [0.05, 0.1) is 23.7 Å². The lowest BCUT2D eigenvalue weighted by Crippen LogP contribution is -2.49. The lowest BCUT2D eigenvalue weighted by Gasteiger charge is -2.39. The van der Waals surface area contributed by atoms with Crippen molar-refractivity contribution in [3.63, 3.8) is 0 Å². The summed E-state index contributed by atoms with van der Waals surface area (Å²) in [6.07, 6.45) is 7.98. The second-order valence-corrected chi connectivity index (χ2v) is 8.06. The maximum atomic E-state index is 13.1. The second-order valence-electron chi connectivity index (χ2n) is 8.06. The molecule has 4 heterocycles. The number of carbonyl (C=O) groups is 1. The summed E-state index contributed by atoms with van der Waals surface area (Å²) in [6.45, 7) is 1.42. The van der Waals surface area contributed by atoms with Gasteiger partial charge in [-0.1, -0.05) is 6.07 Å². The van der Waals surface area contributed by atoms with E-state index in [0.29, 0.717) is 5.69 Å². The molecular formula is C21H24N6O2. The molecule has 1 amide bonds. The van der Waals surface area contributed by atoms with Crippen LogP contribution in [-0.2, 0) is 4.79 Å². The highest BCUT2D eigenvalue weighted by Crippen LogP contribution is 2.56. The maximum absolute atomic E-state index is 13.1. The van der Waals surface area contributed by atoms with Crippen molar-refractivity contribution in [3.8, 4) is 0 Å². The Hall–Kier alpha value is -3.00. The Balaban J connectivity index is 1.32. The SMILES string of the molecule is O=C(N[C@@H](CO)c1ccccn1)[C@H]1CCN(c2ncnc3[nH]ccc23)CC12CC2. The lowest BCUT2D eigenvalue weighted by atomic mass is 9.81. The third kappa shape index (κ3) is 3.23. The highest BCUT2D eigenvalue weighted by Gasteiger charge is 2.55. The smallest absolute Gasteiger partial charge is 0.224 e. The van der Waals surface area contributed by atoms with E-state index >= 15 is 0 Å². The Morgan fingerprint density at radius 2 is 2.21 bits per heavy atom. The Bertz CT molecular complexity index is 1020. The molecule has 1 spiro atoms.